The molecule has 1 aliphatic carbocycles. The summed E-state index contributed by atoms with van der Waals surface area (Å²) in [6, 6.07) is 12.7. The third-order valence-corrected chi connectivity index (χ3v) is 7.00. The molecule has 8 heteroatoms. The molecule has 33 heavy (non-hydrogen) atoms. The smallest absolute Gasteiger partial charge is 0.294 e. The molecule has 1 saturated carbocycles. The van der Waals surface area contributed by atoms with E-state index in [1.807, 2.05) is 18.2 Å². The summed E-state index contributed by atoms with van der Waals surface area (Å²) in [4.78, 5) is 16.8. The maximum atomic E-state index is 11.6. The zero-order valence-corrected chi connectivity index (χ0v) is 19.8. The predicted octanol–water partition coefficient (Wildman–Crippen LogP) is 6.66. The van der Waals surface area contributed by atoms with Crippen molar-refractivity contribution in [2.24, 2.45) is 4.99 Å². The minimum atomic E-state index is -0.376. The Bertz CT molecular complexity index is 1180. The van der Waals surface area contributed by atoms with E-state index in [2.05, 4.69) is 9.95 Å². The molecule has 0 saturated heterocycles. The van der Waals surface area contributed by atoms with E-state index in [0.29, 0.717) is 5.69 Å². The standard InChI is InChI=1S/C25H29N3O4S/c1-31-19-14-15-24(32-2)20(16-19)23-17-33-25(26-21-12-8-9-13-22(21)28(29)30)27(23)18-10-6-4-3-5-7-11-18/h8-9,12-18H,3-7,10-11H2,1-2H3. The fourth-order valence-corrected chi connectivity index (χ4v) is 5.44. The van der Waals surface area contributed by atoms with Crippen LogP contribution in [0.4, 0.5) is 11.4 Å². The summed E-state index contributed by atoms with van der Waals surface area (Å²) in [5.74, 6) is 1.50. The average Bonchev–Trinajstić information content (AvgIpc) is 3.21. The van der Waals surface area contributed by atoms with Gasteiger partial charge in [-0.15, -0.1) is 11.3 Å². The van der Waals surface area contributed by atoms with Gasteiger partial charge in [-0.1, -0.05) is 44.2 Å². The van der Waals surface area contributed by atoms with Gasteiger partial charge < -0.3 is 14.0 Å². The van der Waals surface area contributed by atoms with Crippen molar-refractivity contribution < 1.29 is 14.4 Å². The predicted molar refractivity (Wildman–Crippen MR) is 131 cm³/mol. The molecule has 0 N–H and O–H groups in total. The summed E-state index contributed by atoms with van der Waals surface area (Å²) in [6.45, 7) is 0. The second kappa shape index (κ2) is 10.7. The molecule has 0 unspecified atom stereocenters. The Hall–Kier alpha value is -3.13. The molecular weight excluding hydrogens is 438 g/mol. The lowest BCUT2D eigenvalue weighted by Crippen LogP contribution is -2.23. The fourth-order valence-electron chi connectivity index (χ4n) is 4.47. The number of para-hydroxylation sites is 2. The Labute approximate surface area is 197 Å². The SMILES string of the molecule is COc1ccc(OC)c(-c2csc(=Nc3ccccc3[N+](=O)[O-])n2C2CCCCCCC2)c1. The first-order valence-electron chi connectivity index (χ1n) is 11.3. The molecule has 0 spiro atoms. The largest absolute Gasteiger partial charge is 0.497 e. The van der Waals surface area contributed by atoms with Crippen LogP contribution in [0.1, 0.15) is 51.0 Å². The van der Waals surface area contributed by atoms with Gasteiger partial charge in [0.1, 0.15) is 17.2 Å². The van der Waals surface area contributed by atoms with Crippen LogP contribution in [0.2, 0.25) is 0 Å². The molecule has 1 fully saturated rings. The highest BCUT2D eigenvalue weighted by Gasteiger charge is 2.22. The first-order valence-corrected chi connectivity index (χ1v) is 12.2. The fraction of sp³-hybridized carbons (Fsp3) is 0.400. The van der Waals surface area contributed by atoms with Gasteiger partial charge in [-0.05, 0) is 37.1 Å². The van der Waals surface area contributed by atoms with Gasteiger partial charge in [0.05, 0.1) is 24.8 Å². The van der Waals surface area contributed by atoms with Gasteiger partial charge in [-0.3, -0.25) is 10.1 Å². The molecule has 4 rings (SSSR count). The number of benzene rings is 2. The van der Waals surface area contributed by atoms with E-state index in [9.17, 15) is 10.1 Å². The number of nitro benzene ring substituents is 1. The molecule has 0 atom stereocenters. The lowest BCUT2D eigenvalue weighted by molar-refractivity contribution is -0.384. The molecule has 7 nitrogen and oxygen atoms in total. The number of hydrogen-bond acceptors (Lipinski definition) is 6. The van der Waals surface area contributed by atoms with Gasteiger partial charge in [0.2, 0.25) is 0 Å². The molecule has 1 aromatic heterocycles. The van der Waals surface area contributed by atoms with Crippen LogP contribution in [0, 0.1) is 10.1 Å². The van der Waals surface area contributed by atoms with Crippen LogP contribution in [0.5, 0.6) is 11.5 Å². The van der Waals surface area contributed by atoms with Gasteiger partial charge in [-0.25, -0.2) is 4.99 Å². The number of aromatic nitrogens is 1. The minimum Gasteiger partial charge on any atom is -0.497 e. The Morgan fingerprint density at radius 1 is 1.03 bits per heavy atom. The van der Waals surface area contributed by atoms with Crippen molar-refractivity contribution in [3.05, 3.63) is 62.8 Å². The maximum Gasteiger partial charge on any atom is 0.294 e. The number of methoxy groups -OCH3 is 2. The number of thiazole rings is 1. The monoisotopic (exact) mass is 467 g/mol. The average molecular weight is 468 g/mol. The quantitative estimate of drug-likeness (QED) is 0.300. The number of rotatable bonds is 6. The molecule has 0 amide bonds. The zero-order chi connectivity index (χ0) is 23.2. The summed E-state index contributed by atoms with van der Waals surface area (Å²) < 4.78 is 13.4. The molecular formula is C25H29N3O4S. The Balaban J connectivity index is 1.93. The zero-order valence-electron chi connectivity index (χ0n) is 19.0. The van der Waals surface area contributed by atoms with Crippen molar-refractivity contribution >= 4 is 22.7 Å². The van der Waals surface area contributed by atoms with E-state index >= 15 is 0 Å². The molecule has 1 heterocycles. The molecule has 0 bridgehead atoms. The lowest BCUT2D eigenvalue weighted by atomic mass is 9.96. The summed E-state index contributed by atoms with van der Waals surface area (Å²) >= 11 is 1.50. The maximum absolute atomic E-state index is 11.6. The van der Waals surface area contributed by atoms with Crippen molar-refractivity contribution in [2.75, 3.05) is 14.2 Å². The number of hydrogen-bond donors (Lipinski definition) is 0. The number of nitrogens with zero attached hydrogens (tertiary/aromatic N) is 3. The second-order valence-corrected chi connectivity index (χ2v) is 9.03. The van der Waals surface area contributed by atoms with E-state index in [1.165, 1.54) is 36.7 Å². The Morgan fingerprint density at radius 3 is 2.45 bits per heavy atom. The summed E-state index contributed by atoms with van der Waals surface area (Å²) in [5.41, 5.74) is 2.31. The first-order chi connectivity index (χ1) is 16.1. The molecule has 1 aliphatic rings. The van der Waals surface area contributed by atoms with Gasteiger partial charge in [0, 0.05) is 23.1 Å². The highest BCUT2D eigenvalue weighted by molar-refractivity contribution is 7.07. The summed E-state index contributed by atoms with van der Waals surface area (Å²) in [6.07, 6.45) is 8.18. The third-order valence-electron chi connectivity index (χ3n) is 6.16. The van der Waals surface area contributed by atoms with Crippen LogP contribution in [0.15, 0.2) is 52.8 Å². The number of ether oxygens (including phenoxy) is 2. The third kappa shape index (κ3) is 5.11. The molecule has 0 radical (unpaired) electrons. The van der Waals surface area contributed by atoms with E-state index in [1.54, 1.807) is 32.4 Å². The van der Waals surface area contributed by atoms with Gasteiger partial charge in [0.25, 0.3) is 5.69 Å². The van der Waals surface area contributed by atoms with Crippen molar-refractivity contribution in [3.63, 3.8) is 0 Å². The van der Waals surface area contributed by atoms with E-state index in [0.717, 1.165) is 53.2 Å². The molecule has 174 valence electrons. The van der Waals surface area contributed by atoms with Crippen molar-refractivity contribution in [1.82, 2.24) is 4.57 Å². The highest BCUT2D eigenvalue weighted by atomic mass is 32.1. The van der Waals surface area contributed by atoms with Crippen LogP contribution in [-0.4, -0.2) is 23.7 Å². The van der Waals surface area contributed by atoms with Crippen LogP contribution in [0.25, 0.3) is 11.3 Å². The van der Waals surface area contributed by atoms with Crippen LogP contribution < -0.4 is 14.3 Å². The van der Waals surface area contributed by atoms with Crippen LogP contribution >= 0.6 is 11.3 Å². The Kier molecular flexibility index (Phi) is 7.44. The van der Waals surface area contributed by atoms with Gasteiger partial charge in [-0.2, -0.15) is 0 Å². The summed E-state index contributed by atoms with van der Waals surface area (Å²) in [7, 11) is 3.31. The van der Waals surface area contributed by atoms with E-state index in [4.69, 9.17) is 14.5 Å². The minimum absolute atomic E-state index is 0.00984. The van der Waals surface area contributed by atoms with Gasteiger partial charge in [0.15, 0.2) is 4.80 Å². The second-order valence-electron chi connectivity index (χ2n) is 8.20. The first kappa shape index (κ1) is 23.0. The van der Waals surface area contributed by atoms with Crippen LogP contribution in [-0.2, 0) is 0 Å². The van der Waals surface area contributed by atoms with E-state index < -0.39 is 0 Å². The normalized spacial score (nSPS) is 15.6. The topological polar surface area (TPSA) is 78.9 Å². The van der Waals surface area contributed by atoms with E-state index in [-0.39, 0.29) is 16.7 Å². The van der Waals surface area contributed by atoms with Crippen molar-refractivity contribution in [2.45, 2.75) is 51.0 Å². The molecule has 2 aromatic carbocycles. The highest BCUT2D eigenvalue weighted by Crippen LogP contribution is 2.37. The van der Waals surface area contributed by atoms with Crippen molar-refractivity contribution in [1.29, 1.82) is 0 Å². The Morgan fingerprint density at radius 2 is 1.76 bits per heavy atom. The molecule has 0 aliphatic heterocycles. The summed E-state index contributed by atoms with van der Waals surface area (Å²) in [5, 5.41) is 13.6. The number of nitro groups is 1. The lowest BCUT2D eigenvalue weighted by Gasteiger charge is -2.24. The van der Waals surface area contributed by atoms with Crippen molar-refractivity contribution in [3.8, 4) is 22.8 Å². The van der Waals surface area contributed by atoms with Gasteiger partial charge >= 0.3 is 0 Å². The molecule has 3 aromatic rings. The van der Waals surface area contributed by atoms with Crippen LogP contribution in [0.3, 0.4) is 0 Å².